The van der Waals surface area contributed by atoms with Gasteiger partial charge in [0.05, 0.1) is 17.3 Å². The van der Waals surface area contributed by atoms with Gasteiger partial charge in [-0.1, -0.05) is 30.3 Å². The maximum atomic E-state index is 14.5. The van der Waals surface area contributed by atoms with Crippen LogP contribution >= 0.6 is 0 Å². The number of aryl methyl sites for hydroxylation is 1. The zero-order chi connectivity index (χ0) is 22.5. The lowest BCUT2D eigenvalue weighted by Crippen LogP contribution is -2.39. The van der Waals surface area contributed by atoms with Crippen LogP contribution in [0.3, 0.4) is 0 Å². The Hall–Kier alpha value is -2.84. The molecular weight excluding hydrogens is 399 g/mol. The van der Waals surface area contributed by atoms with Gasteiger partial charge in [0, 0.05) is 50.9 Å². The number of anilines is 1. The van der Waals surface area contributed by atoms with Gasteiger partial charge in [0.1, 0.15) is 5.82 Å². The van der Waals surface area contributed by atoms with E-state index < -0.39 is 0 Å². The molecule has 4 rings (SSSR count). The molecule has 1 fully saturated rings. The zero-order valence-electron chi connectivity index (χ0n) is 19.0. The van der Waals surface area contributed by atoms with Crippen LogP contribution in [-0.2, 0) is 13.0 Å². The second-order valence-electron chi connectivity index (χ2n) is 9.17. The Morgan fingerprint density at radius 3 is 2.91 bits per heavy atom. The number of nitriles is 1. The van der Waals surface area contributed by atoms with Crippen molar-refractivity contribution in [3.8, 4) is 6.07 Å². The summed E-state index contributed by atoms with van der Waals surface area (Å²) in [5.74, 6) is -0.00886. The van der Waals surface area contributed by atoms with E-state index in [0.29, 0.717) is 17.2 Å². The summed E-state index contributed by atoms with van der Waals surface area (Å²) in [4.78, 5) is 4.63. The van der Waals surface area contributed by atoms with E-state index in [9.17, 15) is 4.39 Å². The van der Waals surface area contributed by atoms with Gasteiger partial charge in [0.2, 0.25) is 0 Å². The van der Waals surface area contributed by atoms with Gasteiger partial charge in [0.25, 0.3) is 0 Å². The summed E-state index contributed by atoms with van der Waals surface area (Å²) in [6.45, 7) is 12.2. The van der Waals surface area contributed by atoms with Crippen LogP contribution in [0.25, 0.3) is 0 Å². The normalized spacial score (nSPS) is 18.7. The predicted molar refractivity (Wildman–Crippen MR) is 128 cm³/mol. The molecule has 0 bridgehead atoms. The van der Waals surface area contributed by atoms with Gasteiger partial charge in [-0.3, -0.25) is 4.90 Å². The van der Waals surface area contributed by atoms with Crippen molar-refractivity contribution in [1.29, 1.82) is 5.26 Å². The van der Waals surface area contributed by atoms with Crippen molar-refractivity contribution < 1.29 is 4.39 Å². The lowest BCUT2D eigenvalue weighted by atomic mass is 9.94. The summed E-state index contributed by atoms with van der Waals surface area (Å²) in [6.07, 6.45) is 4.31. The summed E-state index contributed by atoms with van der Waals surface area (Å²) < 4.78 is 14.5. The molecule has 1 N–H and O–H groups in total. The van der Waals surface area contributed by atoms with Gasteiger partial charge >= 0.3 is 0 Å². The number of fused-ring (bicyclic) bond motifs is 1. The average Bonchev–Trinajstić information content (AvgIpc) is 2.81. The van der Waals surface area contributed by atoms with E-state index in [2.05, 4.69) is 46.8 Å². The molecule has 0 amide bonds. The molecule has 2 aliphatic rings. The standard InChI is InChI=1S/C27H33FN4/c1-20-6-8-25-18-31(14-10-23(25)15-20)12-4-11-30-21(2)24-5-3-13-32(19-24)27-9-7-22(17-29)16-26(27)28/h6-9,15-16,24,30H,2-5,10-14,18-19H2,1H3. The summed E-state index contributed by atoms with van der Waals surface area (Å²) >= 11 is 0. The molecule has 0 spiro atoms. The van der Waals surface area contributed by atoms with E-state index in [0.717, 1.165) is 70.6 Å². The molecule has 2 aliphatic heterocycles. The van der Waals surface area contributed by atoms with E-state index in [1.807, 2.05) is 6.07 Å². The topological polar surface area (TPSA) is 42.3 Å². The van der Waals surface area contributed by atoms with Crippen LogP contribution in [-0.4, -0.2) is 37.6 Å². The Bertz CT molecular complexity index is 1010. The van der Waals surface area contributed by atoms with E-state index in [4.69, 9.17) is 5.26 Å². The molecule has 0 aliphatic carbocycles. The maximum absolute atomic E-state index is 14.5. The van der Waals surface area contributed by atoms with Gasteiger partial charge < -0.3 is 10.2 Å². The molecule has 168 valence electrons. The molecule has 2 aromatic carbocycles. The Morgan fingerprint density at radius 1 is 1.22 bits per heavy atom. The van der Waals surface area contributed by atoms with Crippen molar-refractivity contribution in [3.05, 3.63) is 76.7 Å². The van der Waals surface area contributed by atoms with E-state index >= 15 is 0 Å². The molecule has 0 saturated carbocycles. The van der Waals surface area contributed by atoms with Crippen molar-refractivity contribution in [2.45, 2.75) is 39.2 Å². The molecular formula is C27H33FN4. The van der Waals surface area contributed by atoms with Gasteiger partial charge in [-0.05, 0) is 61.9 Å². The molecule has 1 unspecified atom stereocenters. The summed E-state index contributed by atoms with van der Waals surface area (Å²) in [7, 11) is 0. The number of hydrogen-bond donors (Lipinski definition) is 1. The minimum absolute atomic E-state index is 0.309. The highest BCUT2D eigenvalue weighted by Crippen LogP contribution is 2.28. The first-order valence-electron chi connectivity index (χ1n) is 11.7. The number of halogens is 1. The first kappa shape index (κ1) is 22.4. The molecule has 5 heteroatoms. The number of nitrogens with zero attached hydrogens (tertiary/aromatic N) is 3. The Balaban J connectivity index is 1.22. The van der Waals surface area contributed by atoms with Gasteiger partial charge in [-0.2, -0.15) is 5.26 Å². The highest BCUT2D eigenvalue weighted by molar-refractivity contribution is 5.51. The average molecular weight is 433 g/mol. The fourth-order valence-electron chi connectivity index (χ4n) is 4.94. The third-order valence-corrected chi connectivity index (χ3v) is 6.79. The van der Waals surface area contributed by atoms with Crippen LogP contribution in [0, 0.1) is 30.0 Å². The highest BCUT2D eigenvalue weighted by atomic mass is 19.1. The first-order chi connectivity index (χ1) is 15.5. The molecule has 0 radical (unpaired) electrons. The van der Waals surface area contributed by atoms with Crippen LogP contribution < -0.4 is 10.2 Å². The summed E-state index contributed by atoms with van der Waals surface area (Å²) in [6, 6.07) is 13.6. The van der Waals surface area contributed by atoms with E-state index in [-0.39, 0.29) is 5.82 Å². The number of benzene rings is 2. The quantitative estimate of drug-likeness (QED) is 0.640. The minimum Gasteiger partial charge on any atom is -0.388 e. The summed E-state index contributed by atoms with van der Waals surface area (Å²) in [5.41, 5.74) is 6.33. The van der Waals surface area contributed by atoms with Gasteiger partial charge in [-0.25, -0.2) is 4.39 Å². The Morgan fingerprint density at radius 2 is 2.09 bits per heavy atom. The van der Waals surface area contributed by atoms with Crippen LogP contribution in [0.4, 0.5) is 10.1 Å². The zero-order valence-corrected chi connectivity index (χ0v) is 19.0. The molecule has 1 saturated heterocycles. The fourth-order valence-corrected chi connectivity index (χ4v) is 4.94. The summed E-state index contributed by atoms with van der Waals surface area (Å²) in [5, 5.41) is 12.5. The first-order valence-corrected chi connectivity index (χ1v) is 11.7. The SMILES string of the molecule is C=C(NCCCN1CCc2cc(C)ccc2C1)C1CCCN(c2ccc(C#N)cc2F)C1. The molecule has 2 heterocycles. The third kappa shape index (κ3) is 5.31. The van der Waals surface area contributed by atoms with Crippen molar-refractivity contribution >= 4 is 5.69 Å². The predicted octanol–water partition coefficient (Wildman–Crippen LogP) is 4.77. The largest absolute Gasteiger partial charge is 0.388 e. The maximum Gasteiger partial charge on any atom is 0.147 e. The number of nitrogens with one attached hydrogen (secondary N) is 1. The lowest BCUT2D eigenvalue weighted by Gasteiger charge is -2.36. The molecule has 32 heavy (non-hydrogen) atoms. The van der Waals surface area contributed by atoms with Crippen LogP contribution in [0.2, 0.25) is 0 Å². The second kappa shape index (κ2) is 10.2. The van der Waals surface area contributed by atoms with Crippen molar-refractivity contribution in [2.24, 2.45) is 5.92 Å². The molecule has 0 aromatic heterocycles. The van der Waals surface area contributed by atoms with Crippen molar-refractivity contribution in [3.63, 3.8) is 0 Å². The molecule has 4 nitrogen and oxygen atoms in total. The number of piperidine rings is 1. The third-order valence-electron chi connectivity index (χ3n) is 6.79. The van der Waals surface area contributed by atoms with Gasteiger partial charge in [-0.15, -0.1) is 0 Å². The monoisotopic (exact) mass is 432 g/mol. The Labute approximate surface area is 191 Å². The molecule has 2 aromatic rings. The van der Waals surface area contributed by atoms with Crippen LogP contribution in [0.1, 0.15) is 41.5 Å². The second-order valence-corrected chi connectivity index (χ2v) is 9.17. The highest BCUT2D eigenvalue weighted by Gasteiger charge is 2.24. The Kier molecular flexibility index (Phi) is 7.12. The fraction of sp³-hybridized carbons (Fsp3) is 0.444. The molecule has 1 atom stereocenters. The van der Waals surface area contributed by atoms with Crippen LogP contribution in [0.15, 0.2) is 48.7 Å². The lowest BCUT2D eigenvalue weighted by molar-refractivity contribution is 0.250. The van der Waals surface area contributed by atoms with Crippen molar-refractivity contribution in [2.75, 3.05) is 37.6 Å². The van der Waals surface area contributed by atoms with E-state index in [1.54, 1.807) is 12.1 Å². The number of hydrogen-bond acceptors (Lipinski definition) is 4. The van der Waals surface area contributed by atoms with Crippen LogP contribution in [0.5, 0.6) is 0 Å². The number of rotatable bonds is 7. The van der Waals surface area contributed by atoms with Gasteiger partial charge in [0.15, 0.2) is 0 Å². The smallest absolute Gasteiger partial charge is 0.147 e. The van der Waals surface area contributed by atoms with Crippen molar-refractivity contribution in [1.82, 2.24) is 10.2 Å². The minimum atomic E-state index is -0.318. The van der Waals surface area contributed by atoms with E-state index in [1.165, 1.54) is 22.8 Å².